The molecular weight excluding hydrogens is 467 g/mol. The Kier molecular flexibility index (Phi) is 15.4. The molecular formula is C21H43IN4O2. The Morgan fingerprint density at radius 3 is 2.64 bits per heavy atom. The molecule has 0 amide bonds. The standard InChI is InChI=1S/C21H42N4O2.HI/c1-3-22-21(24-14-9-16-26-18-20-12-7-17-27-20)23-13-8-15-25(2)19-10-5-4-6-11-19;/h19-20H,3-18H2,1-2H3,(H2,22,23,24);1H. The summed E-state index contributed by atoms with van der Waals surface area (Å²) in [6.45, 7) is 8.31. The maximum Gasteiger partial charge on any atom is 0.191 e. The predicted molar refractivity (Wildman–Crippen MR) is 128 cm³/mol. The molecule has 1 unspecified atom stereocenters. The normalized spacial score (nSPS) is 21.0. The Bertz CT molecular complexity index is 400. The predicted octanol–water partition coefficient (Wildman–Crippen LogP) is 3.40. The largest absolute Gasteiger partial charge is 0.379 e. The van der Waals surface area contributed by atoms with Gasteiger partial charge in [0.2, 0.25) is 0 Å². The van der Waals surface area contributed by atoms with E-state index in [0.29, 0.717) is 6.10 Å². The molecule has 1 aliphatic heterocycles. The third-order valence-corrected chi connectivity index (χ3v) is 5.57. The lowest BCUT2D eigenvalue weighted by molar-refractivity contribution is 0.0171. The van der Waals surface area contributed by atoms with Crippen LogP contribution in [0.5, 0.6) is 0 Å². The van der Waals surface area contributed by atoms with Gasteiger partial charge in [0.05, 0.1) is 12.7 Å². The van der Waals surface area contributed by atoms with Crippen LogP contribution in [0.15, 0.2) is 4.99 Å². The summed E-state index contributed by atoms with van der Waals surface area (Å²) in [6, 6.07) is 0.801. The van der Waals surface area contributed by atoms with Gasteiger partial charge in [-0.1, -0.05) is 19.3 Å². The molecule has 7 heteroatoms. The summed E-state index contributed by atoms with van der Waals surface area (Å²) in [5.41, 5.74) is 0. The summed E-state index contributed by atoms with van der Waals surface area (Å²) in [6.07, 6.45) is 11.7. The second kappa shape index (κ2) is 16.7. The summed E-state index contributed by atoms with van der Waals surface area (Å²) in [4.78, 5) is 7.21. The molecule has 0 aromatic heterocycles. The van der Waals surface area contributed by atoms with Crippen molar-refractivity contribution in [3.63, 3.8) is 0 Å². The molecule has 0 aromatic carbocycles. The number of guanidine groups is 1. The molecule has 1 heterocycles. The lowest BCUT2D eigenvalue weighted by atomic mass is 9.94. The van der Waals surface area contributed by atoms with E-state index >= 15 is 0 Å². The van der Waals surface area contributed by atoms with Crippen LogP contribution in [0.1, 0.15) is 64.7 Å². The van der Waals surface area contributed by atoms with E-state index in [2.05, 4.69) is 34.5 Å². The fourth-order valence-corrected chi connectivity index (χ4v) is 3.93. The second-order valence-electron chi connectivity index (χ2n) is 7.88. The van der Waals surface area contributed by atoms with Crippen molar-refractivity contribution in [1.29, 1.82) is 0 Å². The van der Waals surface area contributed by atoms with Crippen LogP contribution in [-0.2, 0) is 9.47 Å². The molecule has 1 saturated heterocycles. The van der Waals surface area contributed by atoms with Gasteiger partial charge in [-0.05, 0) is 59.0 Å². The van der Waals surface area contributed by atoms with Crippen molar-refractivity contribution in [2.45, 2.75) is 76.9 Å². The maximum atomic E-state index is 5.70. The van der Waals surface area contributed by atoms with Crippen LogP contribution in [0.25, 0.3) is 0 Å². The fraction of sp³-hybridized carbons (Fsp3) is 0.952. The lowest BCUT2D eigenvalue weighted by Gasteiger charge is -2.31. The Balaban J connectivity index is 0.00000392. The van der Waals surface area contributed by atoms with E-state index in [-0.39, 0.29) is 24.0 Å². The Morgan fingerprint density at radius 2 is 1.93 bits per heavy atom. The third kappa shape index (κ3) is 11.2. The van der Waals surface area contributed by atoms with E-state index in [0.717, 1.165) is 77.3 Å². The van der Waals surface area contributed by atoms with Crippen molar-refractivity contribution in [2.24, 2.45) is 4.99 Å². The van der Waals surface area contributed by atoms with Crippen LogP contribution in [-0.4, -0.2) is 76.1 Å². The van der Waals surface area contributed by atoms with Gasteiger partial charge in [-0.2, -0.15) is 0 Å². The molecule has 2 N–H and O–H groups in total. The number of ether oxygens (including phenoxy) is 2. The molecule has 28 heavy (non-hydrogen) atoms. The zero-order valence-electron chi connectivity index (χ0n) is 18.1. The molecule has 1 aliphatic carbocycles. The first-order valence-corrected chi connectivity index (χ1v) is 11.2. The zero-order valence-corrected chi connectivity index (χ0v) is 20.4. The van der Waals surface area contributed by atoms with E-state index in [9.17, 15) is 0 Å². The molecule has 0 radical (unpaired) electrons. The van der Waals surface area contributed by atoms with Crippen molar-refractivity contribution in [3.05, 3.63) is 0 Å². The van der Waals surface area contributed by atoms with Crippen molar-refractivity contribution in [2.75, 3.05) is 53.0 Å². The van der Waals surface area contributed by atoms with Gasteiger partial charge in [-0.25, -0.2) is 0 Å². The Morgan fingerprint density at radius 1 is 1.11 bits per heavy atom. The maximum absolute atomic E-state index is 5.70. The molecule has 166 valence electrons. The van der Waals surface area contributed by atoms with Gasteiger partial charge in [0, 0.05) is 38.9 Å². The van der Waals surface area contributed by atoms with Gasteiger partial charge in [0.1, 0.15) is 0 Å². The first kappa shape index (κ1) is 25.9. The summed E-state index contributed by atoms with van der Waals surface area (Å²) < 4.78 is 11.3. The number of rotatable bonds is 12. The van der Waals surface area contributed by atoms with E-state index in [1.807, 2.05) is 0 Å². The second-order valence-corrected chi connectivity index (χ2v) is 7.88. The topological polar surface area (TPSA) is 58.1 Å². The monoisotopic (exact) mass is 510 g/mol. The minimum Gasteiger partial charge on any atom is -0.379 e. The van der Waals surface area contributed by atoms with Gasteiger partial charge in [-0.15, -0.1) is 24.0 Å². The average molecular weight is 511 g/mol. The summed E-state index contributed by atoms with van der Waals surface area (Å²) >= 11 is 0. The molecule has 0 spiro atoms. The number of hydrogen-bond donors (Lipinski definition) is 2. The summed E-state index contributed by atoms with van der Waals surface area (Å²) in [5, 5.41) is 6.80. The van der Waals surface area contributed by atoms with Crippen molar-refractivity contribution in [1.82, 2.24) is 15.5 Å². The van der Waals surface area contributed by atoms with Crippen LogP contribution in [0, 0.1) is 0 Å². The number of nitrogens with one attached hydrogen (secondary N) is 2. The number of hydrogen-bond acceptors (Lipinski definition) is 4. The highest BCUT2D eigenvalue weighted by Crippen LogP contribution is 2.21. The van der Waals surface area contributed by atoms with Crippen molar-refractivity contribution in [3.8, 4) is 0 Å². The smallest absolute Gasteiger partial charge is 0.191 e. The summed E-state index contributed by atoms with van der Waals surface area (Å²) in [7, 11) is 2.28. The highest BCUT2D eigenvalue weighted by Gasteiger charge is 2.17. The fourth-order valence-electron chi connectivity index (χ4n) is 3.93. The van der Waals surface area contributed by atoms with Crippen molar-refractivity contribution < 1.29 is 9.47 Å². The lowest BCUT2D eigenvalue weighted by Crippen LogP contribution is -2.40. The zero-order chi connectivity index (χ0) is 19.2. The van der Waals surface area contributed by atoms with E-state index in [4.69, 9.17) is 9.47 Å². The van der Waals surface area contributed by atoms with E-state index < -0.39 is 0 Å². The molecule has 2 fully saturated rings. The van der Waals surface area contributed by atoms with Gasteiger partial charge < -0.3 is 25.0 Å². The van der Waals surface area contributed by atoms with Crippen LogP contribution < -0.4 is 10.6 Å². The number of aliphatic imine (C=N–C) groups is 1. The van der Waals surface area contributed by atoms with Gasteiger partial charge in [0.25, 0.3) is 0 Å². The van der Waals surface area contributed by atoms with Crippen molar-refractivity contribution >= 4 is 29.9 Å². The minimum atomic E-state index is 0. The first-order valence-electron chi connectivity index (χ1n) is 11.2. The van der Waals surface area contributed by atoms with Gasteiger partial charge in [0.15, 0.2) is 5.96 Å². The average Bonchev–Trinajstić information content (AvgIpc) is 3.21. The van der Waals surface area contributed by atoms with Gasteiger partial charge >= 0.3 is 0 Å². The third-order valence-electron chi connectivity index (χ3n) is 5.57. The van der Waals surface area contributed by atoms with Crippen LogP contribution in [0.4, 0.5) is 0 Å². The highest BCUT2D eigenvalue weighted by molar-refractivity contribution is 14.0. The quantitative estimate of drug-likeness (QED) is 0.183. The molecule has 0 aromatic rings. The minimum absolute atomic E-state index is 0. The molecule has 6 nitrogen and oxygen atoms in total. The van der Waals surface area contributed by atoms with Crippen LogP contribution in [0.3, 0.4) is 0 Å². The van der Waals surface area contributed by atoms with Crippen LogP contribution >= 0.6 is 24.0 Å². The molecule has 1 saturated carbocycles. The Labute approximate surface area is 189 Å². The molecule has 1 atom stereocenters. The van der Waals surface area contributed by atoms with E-state index in [1.165, 1.54) is 38.5 Å². The molecule has 2 aliphatic rings. The highest BCUT2D eigenvalue weighted by atomic mass is 127. The molecule has 2 rings (SSSR count). The van der Waals surface area contributed by atoms with E-state index in [1.54, 1.807) is 0 Å². The first-order chi connectivity index (χ1) is 13.3. The number of halogens is 1. The Hall–Kier alpha value is -0.120. The van der Waals surface area contributed by atoms with Crippen LogP contribution in [0.2, 0.25) is 0 Å². The molecule has 0 bridgehead atoms. The summed E-state index contributed by atoms with van der Waals surface area (Å²) in [5.74, 6) is 0.928. The SMILES string of the molecule is CCNC(=NCCCOCC1CCCO1)NCCCN(C)C1CCCCC1.I. The van der Waals surface area contributed by atoms with Gasteiger partial charge in [-0.3, -0.25) is 4.99 Å². The number of nitrogens with zero attached hydrogens (tertiary/aromatic N) is 2.